The van der Waals surface area contributed by atoms with Crippen molar-refractivity contribution in [3.63, 3.8) is 0 Å². The molecule has 0 bridgehead atoms. The Morgan fingerprint density at radius 3 is 2.52 bits per heavy atom. The van der Waals surface area contributed by atoms with Gasteiger partial charge < -0.3 is 15.5 Å². The van der Waals surface area contributed by atoms with Crippen LogP contribution in [0.15, 0.2) is 30.6 Å². The number of rotatable bonds is 4. The average molecular weight is 438 g/mol. The maximum atomic E-state index is 12.8. The molecule has 1 atom stereocenters. The van der Waals surface area contributed by atoms with Gasteiger partial charge in [0.25, 0.3) is 0 Å². The number of benzene rings is 1. The van der Waals surface area contributed by atoms with Gasteiger partial charge in [-0.2, -0.15) is 10.6 Å². The maximum absolute atomic E-state index is 12.8. The summed E-state index contributed by atoms with van der Waals surface area (Å²) >= 11 is 5.90. The van der Waals surface area contributed by atoms with Crippen LogP contribution in [-0.2, 0) is 22.7 Å². The van der Waals surface area contributed by atoms with Crippen molar-refractivity contribution in [2.75, 3.05) is 31.1 Å². The van der Waals surface area contributed by atoms with E-state index in [1.807, 2.05) is 12.1 Å². The lowest BCUT2D eigenvalue weighted by molar-refractivity contribution is -0.132. The number of fused-ring (bicyclic) bond motifs is 1. The Morgan fingerprint density at radius 1 is 1.14 bits per heavy atom. The van der Waals surface area contributed by atoms with E-state index in [1.165, 1.54) is 6.33 Å². The highest BCUT2D eigenvalue weighted by molar-refractivity contribution is 8.23. The minimum absolute atomic E-state index is 0.0679. The van der Waals surface area contributed by atoms with Crippen LogP contribution in [0.25, 0.3) is 0 Å². The van der Waals surface area contributed by atoms with Gasteiger partial charge in [-0.25, -0.2) is 9.97 Å². The Bertz CT molecular complexity index is 903. The Morgan fingerprint density at radius 2 is 1.83 bits per heavy atom. The first-order valence-corrected chi connectivity index (χ1v) is 11.7. The van der Waals surface area contributed by atoms with Gasteiger partial charge in [0.2, 0.25) is 5.91 Å². The molecule has 2 aromatic rings. The van der Waals surface area contributed by atoms with Gasteiger partial charge in [0, 0.05) is 36.8 Å². The van der Waals surface area contributed by atoms with Crippen molar-refractivity contribution in [1.29, 1.82) is 0 Å². The Balaban J connectivity index is 1.37. The summed E-state index contributed by atoms with van der Waals surface area (Å²) in [5, 5.41) is 0.655. The number of amides is 1. The van der Waals surface area contributed by atoms with Crippen LogP contribution < -0.4 is 10.6 Å². The monoisotopic (exact) mass is 437 g/mol. The molecule has 1 fully saturated rings. The van der Waals surface area contributed by atoms with E-state index in [9.17, 15) is 13.9 Å². The standard InChI is InChI=1S/C19H24ClN5O3S/c20-14-3-1-13(2-4-14)9-16(21)19(26)25-7-5-24(6-8-25)18-15-10-29(27,28)11-17(15)22-12-23-18/h1-4,12,16,27-28H,5-11,21H2/t16-/m1/s1. The lowest BCUT2D eigenvalue weighted by Crippen LogP contribution is -2.54. The molecule has 1 aromatic carbocycles. The van der Waals surface area contributed by atoms with Gasteiger partial charge in [0.15, 0.2) is 0 Å². The number of piperazine rings is 1. The van der Waals surface area contributed by atoms with Crippen LogP contribution in [0.5, 0.6) is 0 Å². The number of hydrogen-bond acceptors (Lipinski definition) is 7. The summed E-state index contributed by atoms with van der Waals surface area (Å²) in [5.41, 5.74) is 8.65. The summed E-state index contributed by atoms with van der Waals surface area (Å²) in [4.78, 5) is 25.2. The summed E-state index contributed by atoms with van der Waals surface area (Å²) < 4.78 is 20.1. The van der Waals surface area contributed by atoms with Crippen molar-refractivity contribution in [1.82, 2.24) is 14.9 Å². The highest BCUT2D eigenvalue weighted by Gasteiger charge is 2.33. The lowest BCUT2D eigenvalue weighted by atomic mass is 10.1. The van der Waals surface area contributed by atoms with Crippen LogP contribution in [0, 0.1) is 0 Å². The molecule has 0 spiro atoms. The molecule has 0 unspecified atom stereocenters. The summed E-state index contributed by atoms with van der Waals surface area (Å²) in [6.07, 6.45) is 1.93. The molecule has 156 valence electrons. The van der Waals surface area contributed by atoms with Crippen molar-refractivity contribution >= 4 is 33.9 Å². The second kappa shape index (κ2) is 8.08. The van der Waals surface area contributed by atoms with E-state index in [2.05, 4.69) is 14.9 Å². The third-order valence-corrected chi connectivity index (χ3v) is 7.07. The van der Waals surface area contributed by atoms with Gasteiger partial charge in [0.1, 0.15) is 12.1 Å². The molecule has 4 rings (SSSR count). The number of halogens is 1. The molecule has 10 heteroatoms. The second-order valence-electron chi connectivity index (χ2n) is 7.46. The zero-order chi connectivity index (χ0) is 20.6. The number of nitrogens with zero attached hydrogens (tertiary/aromatic N) is 4. The largest absolute Gasteiger partial charge is 0.353 e. The van der Waals surface area contributed by atoms with E-state index in [0.717, 1.165) is 16.9 Å². The molecular formula is C19H24ClN5O3S. The number of carbonyl (C=O) groups excluding carboxylic acids is 1. The van der Waals surface area contributed by atoms with Gasteiger partial charge in [-0.1, -0.05) is 23.7 Å². The van der Waals surface area contributed by atoms with Gasteiger partial charge >= 0.3 is 0 Å². The number of carbonyl (C=O) groups is 1. The van der Waals surface area contributed by atoms with E-state index in [4.69, 9.17) is 17.3 Å². The molecule has 29 heavy (non-hydrogen) atoms. The van der Waals surface area contributed by atoms with Crippen molar-refractivity contribution in [2.45, 2.75) is 24.0 Å². The zero-order valence-electron chi connectivity index (χ0n) is 15.9. The average Bonchev–Trinajstić information content (AvgIpc) is 3.03. The van der Waals surface area contributed by atoms with Crippen LogP contribution in [0.3, 0.4) is 0 Å². The Labute approximate surface area is 176 Å². The van der Waals surface area contributed by atoms with Crippen LogP contribution in [0.2, 0.25) is 5.02 Å². The fourth-order valence-corrected chi connectivity index (χ4v) is 5.49. The highest BCUT2D eigenvalue weighted by atomic mass is 35.5. The van der Waals surface area contributed by atoms with Gasteiger partial charge in [-0.05, 0) is 24.1 Å². The summed E-state index contributed by atoms with van der Waals surface area (Å²) in [5.74, 6) is 1.06. The summed E-state index contributed by atoms with van der Waals surface area (Å²) in [7, 11) is -2.65. The fraction of sp³-hybridized carbons (Fsp3) is 0.421. The summed E-state index contributed by atoms with van der Waals surface area (Å²) in [6.45, 7) is 2.31. The third kappa shape index (κ3) is 4.49. The van der Waals surface area contributed by atoms with Crippen molar-refractivity contribution in [3.05, 3.63) is 52.4 Å². The molecular weight excluding hydrogens is 414 g/mol. The predicted octanol–water partition coefficient (Wildman–Crippen LogP) is 2.11. The normalized spacial score (nSPS) is 20.3. The fourth-order valence-electron chi connectivity index (χ4n) is 3.82. The lowest BCUT2D eigenvalue weighted by Gasteiger charge is -2.37. The predicted molar refractivity (Wildman–Crippen MR) is 114 cm³/mol. The Kier molecular flexibility index (Phi) is 5.67. The number of nitrogens with two attached hydrogens (primary N) is 1. The minimum atomic E-state index is -2.65. The number of aromatic nitrogens is 2. The molecule has 0 aliphatic carbocycles. The molecule has 0 radical (unpaired) electrons. The SMILES string of the molecule is N[C@H](Cc1ccc(Cl)cc1)C(=O)N1CCN(c2ncnc3c2CS(O)(O)C3)CC1. The van der Waals surface area contributed by atoms with E-state index in [1.54, 1.807) is 17.0 Å². The minimum Gasteiger partial charge on any atom is -0.353 e. The van der Waals surface area contributed by atoms with Gasteiger partial charge in [-0.3, -0.25) is 13.9 Å². The molecule has 1 aromatic heterocycles. The summed E-state index contributed by atoms with van der Waals surface area (Å²) in [6, 6.07) is 6.75. The Hall–Kier alpha value is -1.91. The van der Waals surface area contributed by atoms with E-state index < -0.39 is 16.6 Å². The molecule has 2 aliphatic rings. The highest BCUT2D eigenvalue weighted by Crippen LogP contribution is 2.53. The molecule has 2 aliphatic heterocycles. The van der Waals surface area contributed by atoms with E-state index in [-0.39, 0.29) is 17.4 Å². The maximum Gasteiger partial charge on any atom is 0.239 e. The molecule has 1 amide bonds. The topological polar surface area (TPSA) is 116 Å². The van der Waals surface area contributed by atoms with Crippen LogP contribution >= 0.6 is 22.2 Å². The molecule has 4 N–H and O–H groups in total. The molecule has 1 saturated heterocycles. The van der Waals surface area contributed by atoms with Crippen molar-refractivity contribution < 1.29 is 13.9 Å². The molecule has 8 nitrogen and oxygen atoms in total. The van der Waals surface area contributed by atoms with Crippen molar-refractivity contribution in [2.24, 2.45) is 5.73 Å². The quantitative estimate of drug-likeness (QED) is 0.670. The van der Waals surface area contributed by atoms with Crippen molar-refractivity contribution in [3.8, 4) is 0 Å². The molecule has 3 heterocycles. The third-order valence-electron chi connectivity index (χ3n) is 5.33. The molecule has 0 saturated carbocycles. The first-order valence-electron chi connectivity index (χ1n) is 9.42. The first-order chi connectivity index (χ1) is 13.8. The van der Waals surface area contributed by atoms with E-state index in [0.29, 0.717) is 43.3 Å². The smallest absolute Gasteiger partial charge is 0.239 e. The van der Waals surface area contributed by atoms with Gasteiger partial charge in [0.05, 0.1) is 23.2 Å². The van der Waals surface area contributed by atoms with Crippen LogP contribution in [0.1, 0.15) is 16.8 Å². The van der Waals surface area contributed by atoms with E-state index >= 15 is 0 Å². The van der Waals surface area contributed by atoms with Crippen LogP contribution in [-0.4, -0.2) is 62.1 Å². The second-order valence-corrected chi connectivity index (χ2v) is 10.1. The van der Waals surface area contributed by atoms with Crippen LogP contribution in [0.4, 0.5) is 5.82 Å². The zero-order valence-corrected chi connectivity index (χ0v) is 17.4. The first kappa shape index (κ1) is 20.4. The van der Waals surface area contributed by atoms with Gasteiger partial charge in [-0.15, -0.1) is 0 Å². The number of anilines is 1. The number of hydrogen-bond donors (Lipinski definition) is 3.